The Bertz CT molecular complexity index is 673. The van der Waals surface area contributed by atoms with Gasteiger partial charge < -0.3 is 10.1 Å². The molecule has 0 unspecified atom stereocenters. The van der Waals surface area contributed by atoms with Crippen LogP contribution in [0.25, 0.3) is 0 Å². The van der Waals surface area contributed by atoms with Crippen molar-refractivity contribution in [3.05, 3.63) is 38.5 Å². The Morgan fingerprint density at radius 2 is 2.13 bits per heavy atom. The van der Waals surface area contributed by atoms with Gasteiger partial charge in [0.25, 0.3) is 5.69 Å². The highest BCUT2D eigenvalue weighted by atomic mass is 79.9. The molecule has 0 spiro atoms. The van der Waals surface area contributed by atoms with Gasteiger partial charge in [0, 0.05) is 18.3 Å². The second-order valence-electron chi connectivity index (χ2n) is 4.54. The molecule has 0 heterocycles. The van der Waals surface area contributed by atoms with Crippen LogP contribution >= 0.6 is 15.9 Å². The van der Waals surface area contributed by atoms with E-state index in [-0.39, 0.29) is 16.9 Å². The topological polar surface area (TPSA) is 112 Å². The number of nitriles is 2. The minimum Gasteiger partial charge on any atom is -0.492 e. The molecule has 7 nitrogen and oxygen atoms in total. The second-order valence-corrected chi connectivity index (χ2v) is 5.39. The standard InChI is InChI=1S/C15H15BrN4O3/c1-2-3-4-5-23-15-7-13(19-10-11(8-17)9-18)14(20(21)22)6-12(15)16/h6-7,10,19H,2-5H2,1H3. The van der Waals surface area contributed by atoms with Gasteiger partial charge in [-0.25, -0.2) is 0 Å². The first kappa shape index (κ1) is 18.5. The number of allylic oxidation sites excluding steroid dienone is 1. The van der Waals surface area contributed by atoms with Crippen molar-refractivity contribution in [3.8, 4) is 17.9 Å². The average molecular weight is 379 g/mol. The zero-order valence-corrected chi connectivity index (χ0v) is 14.1. The highest BCUT2D eigenvalue weighted by Crippen LogP contribution is 2.36. The van der Waals surface area contributed by atoms with Crippen LogP contribution in [0.15, 0.2) is 28.4 Å². The fourth-order valence-corrected chi connectivity index (χ4v) is 2.14. The number of ether oxygens (including phenoxy) is 1. The van der Waals surface area contributed by atoms with Gasteiger partial charge in [-0.1, -0.05) is 19.8 Å². The fraction of sp³-hybridized carbons (Fsp3) is 0.333. The highest BCUT2D eigenvalue weighted by Gasteiger charge is 2.17. The summed E-state index contributed by atoms with van der Waals surface area (Å²) in [5.74, 6) is 0.457. The predicted octanol–water partition coefficient (Wildman–Crippen LogP) is 4.27. The number of hydrogen-bond acceptors (Lipinski definition) is 6. The largest absolute Gasteiger partial charge is 0.492 e. The first-order chi connectivity index (χ1) is 11.0. The van der Waals surface area contributed by atoms with Gasteiger partial charge >= 0.3 is 0 Å². The van der Waals surface area contributed by atoms with E-state index in [1.54, 1.807) is 12.1 Å². The summed E-state index contributed by atoms with van der Waals surface area (Å²) in [6.07, 6.45) is 4.10. The van der Waals surface area contributed by atoms with Crippen LogP contribution in [0.3, 0.4) is 0 Å². The molecule has 1 N–H and O–H groups in total. The van der Waals surface area contributed by atoms with Gasteiger partial charge in [0.1, 0.15) is 29.1 Å². The maximum atomic E-state index is 11.1. The van der Waals surface area contributed by atoms with E-state index in [1.807, 2.05) is 0 Å². The van der Waals surface area contributed by atoms with E-state index < -0.39 is 4.92 Å². The number of nitrogens with one attached hydrogen (secondary N) is 1. The van der Waals surface area contributed by atoms with Crippen LogP contribution in [0.4, 0.5) is 11.4 Å². The predicted molar refractivity (Wildman–Crippen MR) is 88.7 cm³/mol. The Morgan fingerprint density at radius 1 is 1.43 bits per heavy atom. The number of benzene rings is 1. The third-order valence-electron chi connectivity index (χ3n) is 2.87. The van der Waals surface area contributed by atoms with E-state index in [0.717, 1.165) is 25.5 Å². The second kappa shape index (κ2) is 9.44. The molecule has 23 heavy (non-hydrogen) atoms. The van der Waals surface area contributed by atoms with E-state index in [2.05, 4.69) is 28.2 Å². The number of hydrogen-bond donors (Lipinski definition) is 1. The van der Waals surface area contributed by atoms with Crippen LogP contribution in [0.2, 0.25) is 0 Å². The van der Waals surface area contributed by atoms with E-state index in [9.17, 15) is 10.1 Å². The van der Waals surface area contributed by atoms with Gasteiger partial charge in [-0.15, -0.1) is 0 Å². The molecule has 1 aromatic carbocycles. The number of unbranched alkanes of at least 4 members (excludes halogenated alkanes) is 2. The summed E-state index contributed by atoms with van der Waals surface area (Å²) in [6, 6.07) is 6.14. The number of nitro groups is 1. The molecule has 0 radical (unpaired) electrons. The lowest BCUT2D eigenvalue weighted by Crippen LogP contribution is -2.01. The van der Waals surface area contributed by atoms with Crippen molar-refractivity contribution >= 4 is 27.3 Å². The molecule has 0 saturated heterocycles. The van der Waals surface area contributed by atoms with Crippen molar-refractivity contribution in [2.24, 2.45) is 0 Å². The van der Waals surface area contributed by atoms with Crippen molar-refractivity contribution in [2.45, 2.75) is 26.2 Å². The molecule has 0 atom stereocenters. The molecular formula is C15H15BrN4O3. The van der Waals surface area contributed by atoms with Crippen LogP contribution in [0.5, 0.6) is 5.75 Å². The van der Waals surface area contributed by atoms with E-state index >= 15 is 0 Å². The first-order valence-electron chi connectivity index (χ1n) is 6.91. The van der Waals surface area contributed by atoms with Crippen molar-refractivity contribution < 1.29 is 9.66 Å². The lowest BCUT2D eigenvalue weighted by atomic mass is 10.2. The van der Waals surface area contributed by atoms with Crippen molar-refractivity contribution in [1.82, 2.24) is 0 Å². The molecule has 0 aliphatic rings. The molecule has 0 bridgehead atoms. The summed E-state index contributed by atoms with van der Waals surface area (Å²) in [4.78, 5) is 10.6. The Kier molecular flexibility index (Phi) is 7.58. The SMILES string of the molecule is CCCCCOc1cc(NC=C(C#N)C#N)c([N+](=O)[O-])cc1Br. The van der Waals surface area contributed by atoms with Crippen molar-refractivity contribution in [3.63, 3.8) is 0 Å². The lowest BCUT2D eigenvalue weighted by molar-refractivity contribution is -0.384. The Balaban J connectivity index is 3.06. The third kappa shape index (κ3) is 5.61. The average Bonchev–Trinajstić information content (AvgIpc) is 2.54. The van der Waals surface area contributed by atoms with Crippen LogP contribution in [-0.4, -0.2) is 11.5 Å². The number of nitrogens with zero attached hydrogens (tertiary/aromatic N) is 3. The third-order valence-corrected chi connectivity index (χ3v) is 3.48. The summed E-state index contributed by atoms with van der Waals surface area (Å²) < 4.78 is 6.08. The summed E-state index contributed by atoms with van der Waals surface area (Å²) in [6.45, 7) is 2.58. The fourth-order valence-electron chi connectivity index (χ4n) is 1.69. The molecule has 1 rings (SSSR count). The normalized spacial score (nSPS) is 9.39. The Labute approximate surface area is 142 Å². The number of halogens is 1. The van der Waals surface area contributed by atoms with Gasteiger partial charge in [0.15, 0.2) is 0 Å². The zero-order valence-electron chi connectivity index (χ0n) is 12.5. The summed E-state index contributed by atoms with van der Waals surface area (Å²) >= 11 is 3.25. The van der Waals surface area contributed by atoms with Crippen LogP contribution in [-0.2, 0) is 0 Å². The van der Waals surface area contributed by atoms with Crippen LogP contribution in [0.1, 0.15) is 26.2 Å². The van der Waals surface area contributed by atoms with Gasteiger partial charge in [-0.3, -0.25) is 10.1 Å². The molecule has 0 aliphatic heterocycles. The highest BCUT2D eigenvalue weighted by molar-refractivity contribution is 9.10. The Morgan fingerprint density at radius 3 is 2.70 bits per heavy atom. The van der Waals surface area contributed by atoms with Crippen LogP contribution in [0, 0.1) is 32.8 Å². The van der Waals surface area contributed by atoms with Crippen LogP contribution < -0.4 is 10.1 Å². The first-order valence-corrected chi connectivity index (χ1v) is 7.70. The van der Waals surface area contributed by atoms with E-state index in [4.69, 9.17) is 15.3 Å². The lowest BCUT2D eigenvalue weighted by Gasteiger charge is -2.10. The van der Waals surface area contributed by atoms with Gasteiger partial charge in [-0.05, 0) is 22.4 Å². The smallest absolute Gasteiger partial charge is 0.294 e. The van der Waals surface area contributed by atoms with Gasteiger partial charge in [-0.2, -0.15) is 10.5 Å². The number of anilines is 1. The number of nitro benzene ring substituents is 1. The van der Waals surface area contributed by atoms with Gasteiger partial charge in [0.05, 0.1) is 16.0 Å². The minimum atomic E-state index is -0.555. The molecule has 8 heteroatoms. The zero-order chi connectivity index (χ0) is 17.2. The molecule has 1 aromatic rings. The molecular weight excluding hydrogens is 364 g/mol. The summed E-state index contributed by atoms with van der Waals surface area (Å²) in [5, 5.41) is 31.1. The Hall–Kier alpha value is -2.58. The maximum Gasteiger partial charge on any atom is 0.294 e. The maximum absolute atomic E-state index is 11.1. The molecule has 0 amide bonds. The molecule has 0 fully saturated rings. The summed E-state index contributed by atoms with van der Waals surface area (Å²) in [5.41, 5.74) is -0.233. The van der Waals surface area contributed by atoms with Crippen molar-refractivity contribution in [1.29, 1.82) is 10.5 Å². The molecule has 0 aliphatic carbocycles. The molecule has 120 valence electrons. The molecule has 0 aromatic heterocycles. The van der Waals surface area contributed by atoms with E-state index in [0.29, 0.717) is 16.8 Å². The summed E-state index contributed by atoms with van der Waals surface area (Å²) in [7, 11) is 0. The molecule has 0 saturated carbocycles. The minimum absolute atomic E-state index is 0.145. The monoisotopic (exact) mass is 378 g/mol. The van der Waals surface area contributed by atoms with Crippen molar-refractivity contribution in [2.75, 3.05) is 11.9 Å². The van der Waals surface area contributed by atoms with Gasteiger partial charge in [0.2, 0.25) is 0 Å². The number of rotatable bonds is 8. The quantitative estimate of drug-likeness (QED) is 0.312. The van der Waals surface area contributed by atoms with E-state index in [1.165, 1.54) is 12.1 Å².